The van der Waals surface area contributed by atoms with Gasteiger partial charge in [0.05, 0.1) is 12.7 Å². The lowest BCUT2D eigenvalue weighted by molar-refractivity contribution is -0.138. The molecule has 26 heavy (non-hydrogen) atoms. The standard InChI is InChI=1S/C16H20F6N2O.ClH/c1-25-14-10-11(16(20,21)22)2-3-12(14)13(4-5-15(17,18)19)24-8-6-23-7-9-24;/h2-3,10,13,23H,4-9H2,1H3;1H/t13-;/m1./s1. The van der Waals surface area contributed by atoms with Gasteiger partial charge in [0, 0.05) is 44.2 Å². The normalized spacial score (nSPS) is 17.5. The summed E-state index contributed by atoms with van der Waals surface area (Å²) in [5.74, 6) is -0.0412. The minimum atomic E-state index is -4.54. The summed E-state index contributed by atoms with van der Waals surface area (Å²) in [4.78, 5) is 1.85. The highest BCUT2D eigenvalue weighted by Gasteiger charge is 2.35. The number of rotatable bonds is 5. The summed E-state index contributed by atoms with van der Waals surface area (Å²) in [5, 5.41) is 3.11. The second kappa shape index (κ2) is 9.14. The quantitative estimate of drug-likeness (QED) is 0.732. The molecule has 3 nitrogen and oxygen atoms in total. The zero-order chi connectivity index (χ0) is 18.7. The van der Waals surface area contributed by atoms with Gasteiger partial charge in [-0.05, 0) is 18.6 Å². The molecule has 150 valence electrons. The predicted molar refractivity (Wildman–Crippen MR) is 87.7 cm³/mol. The summed E-state index contributed by atoms with van der Waals surface area (Å²) in [5.41, 5.74) is -0.537. The van der Waals surface area contributed by atoms with E-state index in [0.717, 1.165) is 12.1 Å². The SMILES string of the molecule is COc1cc(C(F)(F)F)ccc1[C@@H](CCC(F)(F)F)N1CCNCC1.Cl. The number of benzene rings is 1. The highest BCUT2D eigenvalue weighted by atomic mass is 35.5. The van der Waals surface area contributed by atoms with Gasteiger partial charge in [-0.1, -0.05) is 6.07 Å². The molecule has 1 aliphatic heterocycles. The first-order chi connectivity index (χ1) is 11.6. The van der Waals surface area contributed by atoms with Crippen LogP contribution < -0.4 is 10.1 Å². The summed E-state index contributed by atoms with van der Waals surface area (Å²) in [6.45, 7) is 2.27. The Labute approximate surface area is 154 Å². The zero-order valence-electron chi connectivity index (χ0n) is 14.1. The maximum Gasteiger partial charge on any atom is 0.416 e. The van der Waals surface area contributed by atoms with Crippen molar-refractivity contribution in [3.8, 4) is 5.75 Å². The van der Waals surface area contributed by atoms with E-state index in [2.05, 4.69) is 5.32 Å². The molecule has 0 saturated carbocycles. The molecule has 1 heterocycles. The maximum atomic E-state index is 12.9. The molecular formula is C16H21ClF6N2O. The Balaban J connectivity index is 0.00000338. The van der Waals surface area contributed by atoms with Gasteiger partial charge in [-0.25, -0.2) is 0 Å². The number of methoxy groups -OCH3 is 1. The van der Waals surface area contributed by atoms with Gasteiger partial charge < -0.3 is 10.1 Å². The minimum absolute atomic E-state index is 0. The first-order valence-electron chi connectivity index (χ1n) is 7.88. The van der Waals surface area contributed by atoms with E-state index in [1.807, 2.05) is 4.90 Å². The van der Waals surface area contributed by atoms with Gasteiger partial charge in [0.2, 0.25) is 0 Å². The average Bonchev–Trinajstić information content (AvgIpc) is 2.54. The molecule has 0 spiro atoms. The van der Waals surface area contributed by atoms with Gasteiger partial charge in [0.25, 0.3) is 0 Å². The molecule has 0 bridgehead atoms. The van der Waals surface area contributed by atoms with Crippen molar-refractivity contribution < 1.29 is 31.1 Å². The van der Waals surface area contributed by atoms with E-state index < -0.39 is 30.4 Å². The fourth-order valence-corrected chi connectivity index (χ4v) is 2.99. The van der Waals surface area contributed by atoms with Crippen molar-refractivity contribution in [2.24, 2.45) is 0 Å². The number of hydrogen-bond acceptors (Lipinski definition) is 3. The van der Waals surface area contributed by atoms with Crippen LogP contribution in [0.2, 0.25) is 0 Å². The van der Waals surface area contributed by atoms with Crippen molar-refractivity contribution in [3.63, 3.8) is 0 Å². The lowest BCUT2D eigenvalue weighted by Gasteiger charge is -2.36. The Morgan fingerprint density at radius 2 is 1.73 bits per heavy atom. The molecule has 1 aliphatic rings. The van der Waals surface area contributed by atoms with Crippen molar-refractivity contribution in [3.05, 3.63) is 29.3 Å². The third-order valence-corrected chi connectivity index (χ3v) is 4.21. The zero-order valence-corrected chi connectivity index (χ0v) is 14.9. The third-order valence-electron chi connectivity index (χ3n) is 4.21. The Kier molecular flexibility index (Phi) is 8.04. The molecule has 1 aromatic carbocycles. The van der Waals surface area contributed by atoms with Crippen molar-refractivity contribution in [1.82, 2.24) is 10.2 Å². The van der Waals surface area contributed by atoms with Crippen molar-refractivity contribution in [2.45, 2.75) is 31.2 Å². The molecule has 2 rings (SSSR count). The smallest absolute Gasteiger partial charge is 0.416 e. The third kappa shape index (κ3) is 6.21. The van der Waals surface area contributed by atoms with Gasteiger partial charge in [-0.15, -0.1) is 12.4 Å². The van der Waals surface area contributed by atoms with E-state index in [1.165, 1.54) is 13.2 Å². The molecule has 0 aromatic heterocycles. The summed E-state index contributed by atoms with van der Waals surface area (Å²) < 4.78 is 81.8. The molecule has 0 radical (unpaired) electrons. The van der Waals surface area contributed by atoms with Crippen LogP contribution in [-0.4, -0.2) is 44.4 Å². The lowest BCUT2D eigenvalue weighted by atomic mass is 9.96. The van der Waals surface area contributed by atoms with Crippen LogP contribution in [-0.2, 0) is 6.18 Å². The molecule has 1 fully saturated rings. The van der Waals surface area contributed by atoms with Gasteiger partial charge in [0.1, 0.15) is 5.75 Å². The summed E-state index contributed by atoms with van der Waals surface area (Å²) >= 11 is 0. The summed E-state index contributed by atoms with van der Waals surface area (Å²) in [6, 6.07) is 2.31. The number of alkyl halides is 6. The highest BCUT2D eigenvalue weighted by molar-refractivity contribution is 5.85. The maximum absolute atomic E-state index is 12.9. The largest absolute Gasteiger partial charge is 0.496 e. The number of nitrogens with one attached hydrogen (secondary N) is 1. The number of piperazine rings is 1. The molecule has 0 amide bonds. The second-order valence-electron chi connectivity index (χ2n) is 5.91. The van der Waals surface area contributed by atoms with E-state index in [1.54, 1.807) is 0 Å². The van der Waals surface area contributed by atoms with Crippen LogP contribution in [0.1, 0.15) is 30.0 Å². The molecule has 0 aliphatic carbocycles. The number of ether oxygens (including phenoxy) is 1. The van der Waals surface area contributed by atoms with Gasteiger partial charge in [-0.2, -0.15) is 26.3 Å². The minimum Gasteiger partial charge on any atom is -0.496 e. The van der Waals surface area contributed by atoms with Crippen molar-refractivity contribution in [2.75, 3.05) is 33.3 Å². The van der Waals surface area contributed by atoms with Crippen LogP contribution in [0, 0.1) is 0 Å². The fraction of sp³-hybridized carbons (Fsp3) is 0.625. The van der Waals surface area contributed by atoms with Crippen LogP contribution in [0.15, 0.2) is 18.2 Å². The van der Waals surface area contributed by atoms with Crippen LogP contribution in [0.25, 0.3) is 0 Å². The average molecular weight is 407 g/mol. The highest BCUT2D eigenvalue weighted by Crippen LogP contribution is 2.39. The summed E-state index contributed by atoms with van der Waals surface area (Å²) in [7, 11) is 1.22. The number of nitrogens with zero attached hydrogens (tertiary/aromatic N) is 1. The summed E-state index contributed by atoms with van der Waals surface area (Å²) in [6.07, 6.45) is -10.1. The van der Waals surface area contributed by atoms with E-state index in [4.69, 9.17) is 4.74 Å². The topological polar surface area (TPSA) is 24.5 Å². The van der Waals surface area contributed by atoms with Crippen LogP contribution in [0.5, 0.6) is 5.75 Å². The predicted octanol–water partition coefficient (Wildman–Crippen LogP) is 4.42. The van der Waals surface area contributed by atoms with E-state index in [-0.39, 0.29) is 24.6 Å². The second-order valence-corrected chi connectivity index (χ2v) is 5.91. The van der Waals surface area contributed by atoms with Crippen LogP contribution >= 0.6 is 12.4 Å². The van der Waals surface area contributed by atoms with Gasteiger partial charge in [-0.3, -0.25) is 4.90 Å². The Morgan fingerprint density at radius 1 is 1.12 bits per heavy atom. The molecule has 1 atom stereocenters. The van der Waals surface area contributed by atoms with Crippen molar-refractivity contribution >= 4 is 12.4 Å². The van der Waals surface area contributed by atoms with E-state index >= 15 is 0 Å². The van der Waals surface area contributed by atoms with Crippen molar-refractivity contribution in [1.29, 1.82) is 0 Å². The van der Waals surface area contributed by atoms with Crippen LogP contribution in [0.3, 0.4) is 0 Å². The van der Waals surface area contributed by atoms with Crippen LogP contribution in [0.4, 0.5) is 26.3 Å². The molecule has 1 N–H and O–H groups in total. The monoisotopic (exact) mass is 406 g/mol. The lowest BCUT2D eigenvalue weighted by Crippen LogP contribution is -2.45. The first kappa shape index (κ1) is 22.9. The molecular weight excluding hydrogens is 386 g/mol. The molecule has 1 aromatic rings. The van der Waals surface area contributed by atoms with Gasteiger partial charge >= 0.3 is 12.4 Å². The first-order valence-corrected chi connectivity index (χ1v) is 7.88. The Bertz CT molecular complexity index is 573. The molecule has 0 unspecified atom stereocenters. The van der Waals surface area contributed by atoms with E-state index in [9.17, 15) is 26.3 Å². The van der Waals surface area contributed by atoms with E-state index in [0.29, 0.717) is 31.7 Å². The Morgan fingerprint density at radius 3 is 2.23 bits per heavy atom. The number of halogens is 7. The number of hydrogen-bond donors (Lipinski definition) is 1. The molecule has 10 heteroatoms. The molecule has 1 saturated heterocycles. The van der Waals surface area contributed by atoms with Gasteiger partial charge in [0.15, 0.2) is 0 Å². The fourth-order valence-electron chi connectivity index (χ4n) is 2.99. The Hall–Kier alpha value is -1.19.